The van der Waals surface area contributed by atoms with Crippen LogP contribution in [0.25, 0.3) is 0 Å². The van der Waals surface area contributed by atoms with Crippen molar-refractivity contribution >= 4 is 21.8 Å². The van der Waals surface area contributed by atoms with Gasteiger partial charge < -0.3 is 5.73 Å². The SMILES string of the molecule is CC1CCC(C(C)C)CC1.Nc1ccccc1[N+](=O)[O-].O=S(=O)(O)O.OO. The highest BCUT2D eigenvalue weighted by Gasteiger charge is 2.20. The van der Waals surface area contributed by atoms with Crippen LogP contribution in [0.3, 0.4) is 0 Å². The number of hydrogen-bond donors (Lipinski definition) is 5. The van der Waals surface area contributed by atoms with Gasteiger partial charge >= 0.3 is 10.4 Å². The molecule has 0 aromatic heterocycles. The Morgan fingerprint density at radius 2 is 1.52 bits per heavy atom. The Morgan fingerprint density at radius 3 is 1.81 bits per heavy atom. The molecule has 6 N–H and O–H groups in total. The standard InChI is InChI=1S/C10H20.C6H6N2O2.H2O4S.H2O2/c1-8(2)10-6-4-9(3)5-7-10;7-5-3-1-2-4-6(5)8(9)10;1-5(2,3)4;1-2/h8-10H,4-7H2,1-3H3;1-4H,7H2;(H2,1,2,3,4);1-2H. The highest BCUT2D eigenvalue weighted by molar-refractivity contribution is 7.79. The average Bonchev–Trinajstić information content (AvgIpc) is 2.56. The van der Waals surface area contributed by atoms with Crippen molar-refractivity contribution in [3.63, 3.8) is 0 Å². The fraction of sp³-hybridized carbons (Fsp3) is 0.625. The molecule has 0 saturated heterocycles. The molecule has 27 heavy (non-hydrogen) atoms. The molecular formula is C16H30N2O8S. The predicted molar refractivity (Wildman–Crippen MR) is 103 cm³/mol. The first-order valence-electron chi connectivity index (χ1n) is 8.30. The molecular weight excluding hydrogens is 380 g/mol. The molecule has 11 heteroatoms. The molecule has 0 amide bonds. The number of rotatable bonds is 2. The second-order valence-electron chi connectivity index (χ2n) is 6.53. The zero-order valence-electron chi connectivity index (χ0n) is 15.7. The van der Waals surface area contributed by atoms with Gasteiger partial charge in [0.25, 0.3) is 5.69 Å². The maximum absolute atomic E-state index is 10.1. The van der Waals surface area contributed by atoms with Crippen molar-refractivity contribution in [3.8, 4) is 0 Å². The molecule has 1 aromatic carbocycles. The third-order valence-corrected chi connectivity index (χ3v) is 4.14. The molecule has 2 rings (SSSR count). The van der Waals surface area contributed by atoms with E-state index in [9.17, 15) is 10.1 Å². The summed E-state index contributed by atoms with van der Waals surface area (Å²) in [6, 6.07) is 6.10. The average molecular weight is 410 g/mol. The summed E-state index contributed by atoms with van der Waals surface area (Å²) in [7, 11) is -4.67. The smallest absolute Gasteiger partial charge is 0.393 e. The quantitative estimate of drug-likeness (QED) is 0.158. The number of nitrogens with two attached hydrogens (primary N) is 1. The first kappa shape index (κ1) is 27.4. The second kappa shape index (κ2) is 14.3. The van der Waals surface area contributed by atoms with Crippen LogP contribution in [0.2, 0.25) is 0 Å². The zero-order chi connectivity index (χ0) is 21.6. The van der Waals surface area contributed by atoms with E-state index in [1.54, 1.807) is 12.1 Å². The summed E-state index contributed by atoms with van der Waals surface area (Å²) in [4.78, 5) is 9.64. The summed E-state index contributed by atoms with van der Waals surface area (Å²) in [6.45, 7) is 7.11. The van der Waals surface area contributed by atoms with Crippen molar-refractivity contribution in [1.82, 2.24) is 0 Å². The van der Waals surface area contributed by atoms with Crippen LogP contribution in [0.15, 0.2) is 24.3 Å². The van der Waals surface area contributed by atoms with Gasteiger partial charge in [-0.05, 0) is 36.7 Å². The molecule has 0 radical (unpaired) electrons. The monoisotopic (exact) mass is 410 g/mol. The normalized spacial score (nSPS) is 18.7. The molecule has 1 aliphatic rings. The Morgan fingerprint density at radius 1 is 1.11 bits per heavy atom. The van der Waals surface area contributed by atoms with Gasteiger partial charge in [0.15, 0.2) is 0 Å². The number of para-hydroxylation sites is 2. The van der Waals surface area contributed by atoms with Crippen LogP contribution in [-0.2, 0) is 10.4 Å². The summed E-state index contributed by atoms with van der Waals surface area (Å²) < 4.78 is 31.6. The summed E-state index contributed by atoms with van der Waals surface area (Å²) in [5.74, 6) is 2.97. The molecule has 0 heterocycles. The molecule has 158 valence electrons. The fourth-order valence-corrected chi connectivity index (χ4v) is 2.61. The van der Waals surface area contributed by atoms with Crippen molar-refractivity contribution in [2.24, 2.45) is 17.8 Å². The van der Waals surface area contributed by atoms with Gasteiger partial charge in [0, 0.05) is 6.07 Å². The van der Waals surface area contributed by atoms with E-state index in [-0.39, 0.29) is 11.4 Å². The lowest BCUT2D eigenvalue weighted by molar-refractivity contribution is -0.383. The van der Waals surface area contributed by atoms with Crippen molar-refractivity contribution in [3.05, 3.63) is 34.4 Å². The third kappa shape index (κ3) is 16.1. The molecule has 0 spiro atoms. The van der Waals surface area contributed by atoms with E-state index < -0.39 is 15.3 Å². The molecule has 10 nitrogen and oxygen atoms in total. The Labute approximate surface area is 159 Å². The summed E-state index contributed by atoms with van der Waals surface area (Å²) >= 11 is 0. The van der Waals surface area contributed by atoms with E-state index in [4.69, 9.17) is 33.8 Å². The van der Waals surface area contributed by atoms with E-state index in [1.807, 2.05) is 0 Å². The van der Waals surface area contributed by atoms with Gasteiger partial charge in [-0.3, -0.25) is 29.7 Å². The van der Waals surface area contributed by atoms with Crippen molar-refractivity contribution in [1.29, 1.82) is 0 Å². The van der Waals surface area contributed by atoms with E-state index in [2.05, 4.69) is 20.8 Å². The number of nitrogen functional groups attached to an aromatic ring is 1. The lowest BCUT2D eigenvalue weighted by atomic mass is 9.78. The van der Waals surface area contributed by atoms with Crippen LogP contribution in [0.4, 0.5) is 11.4 Å². The fourth-order valence-electron chi connectivity index (χ4n) is 2.61. The molecule has 1 fully saturated rings. The predicted octanol–water partition coefficient (Wildman–Crippen LogP) is 4.01. The van der Waals surface area contributed by atoms with Gasteiger partial charge in [-0.2, -0.15) is 8.42 Å². The maximum Gasteiger partial charge on any atom is 0.394 e. The molecule has 1 aromatic rings. The van der Waals surface area contributed by atoms with Crippen LogP contribution >= 0.6 is 0 Å². The van der Waals surface area contributed by atoms with Crippen LogP contribution in [0.1, 0.15) is 46.5 Å². The minimum absolute atomic E-state index is 0.0394. The van der Waals surface area contributed by atoms with Crippen LogP contribution in [0.5, 0.6) is 0 Å². The highest BCUT2D eigenvalue weighted by atomic mass is 32.3. The van der Waals surface area contributed by atoms with Crippen molar-refractivity contribution in [2.45, 2.75) is 46.5 Å². The van der Waals surface area contributed by atoms with Crippen LogP contribution in [0, 0.1) is 27.9 Å². The Bertz CT molecular complexity index is 621. The maximum atomic E-state index is 10.1. The number of benzene rings is 1. The van der Waals surface area contributed by atoms with Gasteiger partial charge in [-0.25, -0.2) is 0 Å². The van der Waals surface area contributed by atoms with Crippen molar-refractivity contribution in [2.75, 3.05) is 5.73 Å². The Hall–Kier alpha value is -1.79. The summed E-state index contributed by atoms with van der Waals surface area (Å²) in [5, 5.41) is 22.1. The summed E-state index contributed by atoms with van der Waals surface area (Å²) in [5.41, 5.74) is 5.44. The van der Waals surface area contributed by atoms with Gasteiger partial charge in [-0.1, -0.05) is 45.7 Å². The third-order valence-electron chi connectivity index (χ3n) is 4.14. The van der Waals surface area contributed by atoms with Gasteiger partial charge in [0.2, 0.25) is 0 Å². The summed E-state index contributed by atoms with van der Waals surface area (Å²) in [6.07, 6.45) is 5.92. The number of nitro groups is 1. The number of anilines is 1. The first-order valence-corrected chi connectivity index (χ1v) is 9.70. The lowest BCUT2D eigenvalue weighted by Crippen LogP contribution is -2.16. The number of hydrogen-bond acceptors (Lipinski definition) is 7. The Kier molecular flexibility index (Phi) is 14.5. The van der Waals surface area contributed by atoms with Gasteiger partial charge in [-0.15, -0.1) is 0 Å². The van der Waals surface area contributed by atoms with E-state index >= 15 is 0 Å². The van der Waals surface area contributed by atoms with Gasteiger partial charge in [0.1, 0.15) is 5.69 Å². The van der Waals surface area contributed by atoms with Gasteiger partial charge in [0.05, 0.1) is 4.92 Å². The van der Waals surface area contributed by atoms with Crippen LogP contribution in [-0.4, -0.2) is 33.0 Å². The highest BCUT2D eigenvalue weighted by Crippen LogP contribution is 2.32. The minimum Gasteiger partial charge on any atom is -0.393 e. The first-order chi connectivity index (χ1) is 12.4. The van der Waals surface area contributed by atoms with Crippen LogP contribution < -0.4 is 5.73 Å². The molecule has 0 unspecified atom stereocenters. The molecule has 1 saturated carbocycles. The Balaban J connectivity index is 0. The number of nitro benzene ring substituents is 1. The molecule has 1 aliphatic carbocycles. The largest absolute Gasteiger partial charge is 0.394 e. The van der Waals surface area contributed by atoms with E-state index in [0.29, 0.717) is 0 Å². The molecule has 0 atom stereocenters. The second-order valence-corrected chi connectivity index (χ2v) is 7.42. The lowest BCUT2D eigenvalue weighted by Gasteiger charge is -2.28. The molecule has 0 aliphatic heterocycles. The number of nitrogens with zero attached hydrogens (tertiary/aromatic N) is 1. The molecule has 0 bridgehead atoms. The van der Waals surface area contributed by atoms with E-state index in [0.717, 1.165) is 17.8 Å². The topological polar surface area (TPSA) is 184 Å². The van der Waals surface area contributed by atoms with E-state index in [1.165, 1.54) is 37.8 Å². The minimum atomic E-state index is -4.67. The zero-order valence-corrected chi connectivity index (χ0v) is 16.5. The van der Waals surface area contributed by atoms with Crippen molar-refractivity contribution < 1.29 is 33.0 Å².